The zero-order valence-corrected chi connectivity index (χ0v) is 14.4. The topological polar surface area (TPSA) is 20.3 Å². The first kappa shape index (κ1) is 19.2. The molecule has 1 saturated heterocycles. The Morgan fingerprint density at radius 2 is 2.05 bits per heavy atom. The zero-order valence-electron chi connectivity index (χ0n) is 11.3. The van der Waals surface area contributed by atoms with Gasteiger partial charge in [-0.1, -0.05) is 37.0 Å². The number of halogens is 2. The largest absolute Gasteiger partial charge is 0.308 e. The van der Waals surface area contributed by atoms with E-state index in [1.807, 2.05) is 13.8 Å². The van der Waals surface area contributed by atoms with E-state index >= 15 is 0 Å². The van der Waals surface area contributed by atoms with Gasteiger partial charge in [-0.15, -0.1) is 11.3 Å². The van der Waals surface area contributed by atoms with Crippen molar-refractivity contribution in [3.63, 3.8) is 0 Å². The summed E-state index contributed by atoms with van der Waals surface area (Å²) >= 11 is 15.3. The molecule has 105 valence electrons. The van der Waals surface area contributed by atoms with E-state index in [4.69, 9.17) is 23.2 Å². The van der Waals surface area contributed by atoms with Gasteiger partial charge in [-0.2, -0.15) is 11.8 Å². The number of anilines is 1. The van der Waals surface area contributed by atoms with Gasteiger partial charge in [-0.3, -0.25) is 4.79 Å². The Labute approximate surface area is 135 Å². The van der Waals surface area contributed by atoms with Crippen molar-refractivity contribution in [2.75, 3.05) is 17.7 Å². The Kier molecular flexibility index (Phi) is 9.24. The molecule has 0 saturated carbocycles. The molecule has 0 N–H and O–H groups in total. The third kappa shape index (κ3) is 4.59. The highest BCUT2D eigenvalue weighted by molar-refractivity contribution is 7.99. The Morgan fingerprint density at radius 3 is 2.53 bits per heavy atom. The minimum atomic E-state index is 0. The van der Waals surface area contributed by atoms with Crippen molar-refractivity contribution in [1.29, 1.82) is 0 Å². The molecule has 2 heterocycles. The molecular weight excluding hydrogens is 320 g/mol. The van der Waals surface area contributed by atoms with Crippen LogP contribution in [0.2, 0.25) is 9.36 Å². The van der Waals surface area contributed by atoms with E-state index in [1.165, 1.54) is 11.3 Å². The molecule has 1 amide bonds. The highest BCUT2D eigenvalue weighted by atomic mass is 35.5. The summed E-state index contributed by atoms with van der Waals surface area (Å²) in [6.07, 6.45) is 3.58. The molecular formula is C12H17BCl2NOS2. The zero-order chi connectivity index (χ0) is 13.7. The van der Waals surface area contributed by atoms with Crippen molar-refractivity contribution in [3.8, 4) is 0 Å². The normalized spacial score (nSPS) is 18.5. The molecule has 1 aliphatic rings. The number of carbonyl (C=O) groups is 1. The van der Waals surface area contributed by atoms with Gasteiger partial charge in [0.25, 0.3) is 0 Å². The monoisotopic (exact) mass is 336 g/mol. The van der Waals surface area contributed by atoms with Crippen LogP contribution < -0.4 is 4.90 Å². The Bertz CT molecular complexity index is 395. The van der Waals surface area contributed by atoms with Crippen LogP contribution in [0, 0.1) is 0 Å². The first-order valence-electron chi connectivity index (χ1n) is 5.89. The van der Waals surface area contributed by atoms with Gasteiger partial charge in [0.05, 0.1) is 10.7 Å². The predicted octanol–water partition coefficient (Wildman–Crippen LogP) is 4.56. The molecule has 2 rings (SSSR count). The molecule has 2 nitrogen and oxygen atoms in total. The number of thiophene rings is 1. The minimum Gasteiger partial charge on any atom is -0.308 e. The van der Waals surface area contributed by atoms with E-state index in [0.717, 1.165) is 6.42 Å². The van der Waals surface area contributed by atoms with Crippen LogP contribution in [0.3, 0.4) is 0 Å². The van der Waals surface area contributed by atoms with Crippen molar-refractivity contribution < 1.29 is 4.79 Å². The van der Waals surface area contributed by atoms with Gasteiger partial charge in [0.15, 0.2) is 0 Å². The predicted molar refractivity (Wildman–Crippen MR) is 90.3 cm³/mol. The van der Waals surface area contributed by atoms with Crippen LogP contribution in [-0.2, 0) is 4.79 Å². The summed E-state index contributed by atoms with van der Waals surface area (Å²) in [5, 5.41) is 2.82. The van der Waals surface area contributed by atoms with Crippen molar-refractivity contribution in [1.82, 2.24) is 0 Å². The quantitative estimate of drug-likeness (QED) is 0.738. The van der Waals surface area contributed by atoms with E-state index < -0.39 is 0 Å². The first-order valence-corrected chi connectivity index (χ1v) is 8.81. The number of rotatable bonds is 2. The fourth-order valence-corrected chi connectivity index (χ4v) is 3.84. The first-order chi connectivity index (χ1) is 8.63. The van der Waals surface area contributed by atoms with Crippen molar-refractivity contribution in [2.45, 2.75) is 31.9 Å². The van der Waals surface area contributed by atoms with Crippen molar-refractivity contribution in [3.05, 3.63) is 14.7 Å². The number of thioether (sulfide) groups is 1. The second-order valence-electron chi connectivity index (χ2n) is 3.61. The molecule has 0 aliphatic carbocycles. The molecule has 3 radical (unpaired) electrons. The van der Waals surface area contributed by atoms with Crippen LogP contribution in [0.4, 0.5) is 5.69 Å². The summed E-state index contributed by atoms with van der Waals surface area (Å²) in [6, 6.07) is 0. The molecule has 0 spiro atoms. The van der Waals surface area contributed by atoms with Crippen LogP contribution in [0.25, 0.3) is 0 Å². The molecule has 1 aromatic heterocycles. The third-order valence-corrected chi connectivity index (χ3v) is 5.32. The lowest BCUT2D eigenvalue weighted by molar-refractivity contribution is -0.119. The lowest BCUT2D eigenvalue weighted by Gasteiger charge is -2.31. The fraction of sp³-hybridized carbons (Fsp3) is 0.583. The van der Waals surface area contributed by atoms with Crippen LogP contribution in [0.5, 0.6) is 0 Å². The summed E-state index contributed by atoms with van der Waals surface area (Å²) in [5.74, 6) is 0.118. The van der Waals surface area contributed by atoms with E-state index in [9.17, 15) is 4.79 Å². The molecule has 0 bridgehead atoms. The molecule has 1 aliphatic heterocycles. The highest BCUT2D eigenvalue weighted by Gasteiger charge is 2.29. The minimum absolute atomic E-state index is 0. The average Bonchev–Trinajstić information content (AvgIpc) is 2.73. The number of hydrogen-bond donors (Lipinski definition) is 0. The second kappa shape index (κ2) is 9.17. The lowest BCUT2D eigenvalue weighted by atomic mass is 10.1. The van der Waals surface area contributed by atoms with Crippen LogP contribution in [0.1, 0.15) is 26.7 Å². The summed E-state index contributed by atoms with van der Waals surface area (Å²) in [7, 11) is 0. The molecule has 1 fully saturated rings. The van der Waals surface area contributed by atoms with Gasteiger partial charge >= 0.3 is 0 Å². The number of amides is 1. The van der Waals surface area contributed by atoms with Gasteiger partial charge < -0.3 is 4.90 Å². The third-order valence-electron chi connectivity index (χ3n) is 2.65. The maximum absolute atomic E-state index is 11.9. The summed E-state index contributed by atoms with van der Waals surface area (Å²) < 4.78 is 0.597. The second-order valence-corrected chi connectivity index (χ2v) is 6.63. The Hall–Kier alpha value is 0.165. The maximum atomic E-state index is 11.9. The van der Waals surface area contributed by atoms with Gasteiger partial charge in [-0.05, 0) is 12.7 Å². The van der Waals surface area contributed by atoms with Gasteiger partial charge in [0, 0.05) is 32.0 Å². The van der Waals surface area contributed by atoms with Crippen molar-refractivity contribution >= 4 is 66.3 Å². The van der Waals surface area contributed by atoms with E-state index in [2.05, 4.69) is 6.26 Å². The molecule has 1 aromatic rings. The fourth-order valence-electron chi connectivity index (χ4n) is 1.77. The molecule has 1 unspecified atom stereocenters. The number of carbonyl (C=O) groups excluding carboxylic acids is 1. The Morgan fingerprint density at radius 1 is 1.42 bits per heavy atom. The molecule has 0 aromatic carbocycles. The van der Waals surface area contributed by atoms with Crippen LogP contribution in [0.15, 0.2) is 5.38 Å². The van der Waals surface area contributed by atoms with Gasteiger partial charge in [0.1, 0.15) is 4.34 Å². The lowest BCUT2D eigenvalue weighted by Crippen LogP contribution is -2.41. The number of nitrogens with zero attached hydrogens (tertiary/aromatic N) is 1. The molecule has 7 heteroatoms. The molecule has 1 atom stereocenters. The smallest absolute Gasteiger partial charge is 0.227 e. The van der Waals surface area contributed by atoms with Crippen LogP contribution >= 0.6 is 46.3 Å². The standard InChI is InChI=1S/C10H11Cl2NOS2.C2H6.B/c1-15-6-2-3-8(14)13(4-6)9-7(11)5-16-10(9)12;1-2;/h5-6H,2-4H2,1H3;1-2H3;. The molecule has 19 heavy (non-hydrogen) atoms. The van der Waals surface area contributed by atoms with E-state index in [1.54, 1.807) is 22.0 Å². The van der Waals surface area contributed by atoms with Gasteiger partial charge in [0.2, 0.25) is 5.91 Å². The average molecular weight is 337 g/mol. The highest BCUT2D eigenvalue weighted by Crippen LogP contribution is 2.41. The SMILES string of the molecule is CC.CSC1CCC(=O)N(c2c(Cl)csc2Cl)C1.[B]. The Balaban J connectivity index is 0.00000103. The van der Waals surface area contributed by atoms with Gasteiger partial charge in [-0.25, -0.2) is 0 Å². The summed E-state index contributed by atoms with van der Waals surface area (Å²) in [6.45, 7) is 4.70. The number of hydrogen-bond acceptors (Lipinski definition) is 3. The van der Waals surface area contributed by atoms with Crippen molar-refractivity contribution in [2.24, 2.45) is 0 Å². The van der Waals surface area contributed by atoms with E-state index in [0.29, 0.717) is 33.3 Å². The summed E-state index contributed by atoms with van der Waals surface area (Å²) in [4.78, 5) is 13.6. The van der Waals surface area contributed by atoms with E-state index in [-0.39, 0.29) is 14.3 Å². The maximum Gasteiger partial charge on any atom is 0.227 e. The number of piperidine rings is 1. The van der Waals surface area contributed by atoms with Crippen LogP contribution in [-0.4, -0.2) is 32.4 Å². The summed E-state index contributed by atoms with van der Waals surface area (Å²) in [5.41, 5.74) is 0.692.